The van der Waals surface area contributed by atoms with Crippen LogP contribution in [-0.2, 0) is 6.54 Å². The third-order valence-corrected chi connectivity index (χ3v) is 4.98. The zero-order valence-corrected chi connectivity index (χ0v) is 15.4. The molecule has 142 valence electrons. The minimum absolute atomic E-state index is 0.108. The van der Waals surface area contributed by atoms with Crippen LogP contribution in [0.3, 0.4) is 0 Å². The van der Waals surface area contributed by atoms with Gasteiger partial charge in [-0.2, -0.15) is 0 Å². The maximum absolute atomic E-state index is 13.1. The minimum atomic E-state index is -0.243. The first-order chi connectivity index (χ1) is 13.7. The van der Waals surface area contributed by atoms with Crippen molar-refractivity contribution >= 4 is 12.0 Å². The van der Waals surface area contributed by atoms with Crippen molar-refractivity contribution in [1.29, 1.82) is 0 Å². The maximum atomic E-state index is 13.1. The Morgan fingerprint density at radius 1 is 1.14 bits per heavy atom. The number of rotatable bonds is 5. The first-order valence-electron chi connectivity index (χ1n) is 9.35. The highest BCUT2D eigenvalue weighted by atomic mass is 19.1. The van der Waals surface area contributed by atoms with Gasteiger partial charge in [-0.1, -0.05) is 59.8 Å². The molecule has 28 heavy (non-hydrogen) atoms. The number of benzene rings is 2. The van der Waals surface area contributed by atoms with E-state index in [1.165, 1.54) is 12.1 Å². The van der Waals surface area contributed by atoms with E-state index in [4.69, 9.17) is 0 Å². The van der Waals surface area contributed by atoms with Crippen LogP contribution in [-0.4, -0.2) is 38.9 Å². The van der Waals surface area contributed by atoms with Gasteiger partial charge in [-0.15, -0.1) is 5.10 Å². The lowest BCUT2D eigenvalue weighted by Gasteiger charge is -2.15. The summed E-state index contributed by atoms with van der Waals surface area (Å²) in [5, 5.41) is 8.09. The topological polar surface area (TPSA) is 51.0 Å². The molecule has 1 saturated heterocycles. The molecule has 1 fully saturated rings. The highest BCUT2D eigenvalue weighted by Crippen LogP contribution is 2.28. The van der Waals surface area contributed by atoms with Crippen LogP contribution < -0.4 is 0 Å². The number of allylic oxidation sites excluding steroid dienone is 1. The molecule has 0 bridgehead atoms. The lowest BCUT2D eigenvalue weighted by molar-refractivity contribution is 0.0785. The van der Waals surface area contributed by atoms with Gasteiger partial charge in [-0.25, -0.2) is 9.07 Å². The van der Waals surface area contributed by atoms with Crippen LogP contribution in [0.1, 0.15) is 34.0 Å². The Kier molecular flexibility index (Phi) is 5.28. The van der Waals surface area contributed by atoms with E-state index < -0.39 is 0 Å². The van der Waals surface area contributed by atoms with E-state index in [1.54, 1.807) is 27.9 Å². The Morgan fingerprint density at radius 2 is 1.93 bits per heavy atom. The van der Waals surface area contributed by atoms with E-state index in [0.717, 1.165) is 17.5 Å². The van der Waals surface area contributed by atoms with Crippen LogP contribution in [0.5, 0.6) is 0 Å². The number of nitrogens with zero attached hydrogens (tertiary/aromatic N) is 4. The molecular formula is C22H21FN4O. The average molecular weight is 376 g/mol. The zero-order chi connectivity index (χ0) is 19.3. The lowest BCUT2D eigenvalue weighted by atomic mass is 9.99. The fraction of sp³-hybridized carbons (Fsp3) is 0.227. The van der Waals surface area contributed by atoms with E-state index in [-0.39, 0.29) is 17.6 Å². The van der Waals surface area contributed by atoms with E-state index in [2.05, 4.69) is 10.3 Å². The standard InChI is InChI=1S/C22H21FN4O/c23-20-10-8-18(9-11-20)19-12-14-26(15-19)22(28)21-16-27(25-24-21)13-4-7-17-5-2-1-3-6-17/h1-11,16,19H,12-15H2/b7-4+. The van der Waals surface area contributed by atoms with Gasteiger partial charge in [0, 0.05) is 19.0 Å². The minimum Gasteiger partial charge on any atom is -0.337 e. The summed E-state index contributed by atoms with van der Waals surface area (Å²) >= 11 is 0. The molecule has 0 saturated carbocycles. The number of hydrogen-bond acceptors (Lipinski definition) is 3. The molecule has 1 aliphatic heterocycles. The quantitative estimate of drug-likeness (QED) is 0.681. The summed E-state index contributed by atoms with van der Waals surface area (Å²) < 4.78 is 14.8. The summed E-state index contributed by atoms with van der Waals surface area (Å²) in [6.45, 7) is 1.83. The second-order valence-corrected chi connectivity index (χ2v) is 6.93. The monoisotopic (exact) mass is 376 g/mol. The van der Waals surface area contributed by atoms with Crippen LogP contribution >= 0.6 is 0 Å². The van der Waals surface area contributed by atoms with Crippen molar-refractivity contribution < 1.29 is 9.18 Å². The second-order valence-electron chi connectivity index (χ2n) is 6.93. The molecule has 0 N–H and O–H groups in total. The average Bonchev–Trinajstić information content (AvgIpc) is 3.39. The number of carbonyl (C=O) groups excluding carboxylic acids is 1. The van der Waals surface area contributed by atoms with Gasteiger partial charge in [-0.05, 0) is 29.7 Å². The molecule has 1 unspecified atom stereocenters. The van der Waals surface area contributed by atoms with Crippen LogP contribution in [0.4, 0.5) is 4.39 Å². The largest absolute Gasteiger partial charge is 0.337 e. The molecule has 0 spiro atoms. The first kappa shape index (κ1) is 18.1. The smallest absolute Gasteiger partial charge is 0.276 e. The maximum Gasteiger partial charge on any atom is 0.276 e. The summed E-state index contributed by atoms with van der Waals surface area (Å²) in [5.74, 6) is -0.121. The Hall–Kier alpha value is -3.28. The summed E-state index contributed by atoms with van der Waals surface area (Å²) in [6, 6.07) is 16.5. The molecule has 2 heterocycles. The van der Waals surface area contributed by atoms with Crippen molar-refractivity contribution in [3.05, 3.63) is 89.5 Å². The molecule has 5 nitrogen and oxygen atoms in total. The van der Waals surface area contributed by atoms with E-state index in [0.29, 0.717) is 25.3 Å². The normalized spacial score (nSPS) is 16.8. The van der Waals surface area contributed by atoms with Crippen molar-refractivity contribution in [3.63, 3.8) is 0 Å². The van der Waals surface area contributed by atoms with Crippen molar-refractivity contribution in [1.82, 2.24) is 19.9 Å². The van der Waals surface area contributed by atoms with E-state index >= 15 is 0 Å². The molecule has 1 atom stereocenters. The van der Waals surface area contributed by atoms with E-state index in [9.17, 15) is 9.18 Å². The fourth-order valence-electron chi connectivity index (χ4n) is 3.46. The third kappa shape index (κ3) is 4.17. The van der Waals surface area contributed by atoms with Crippen LogP contribution in [0.25, 0.3) is 6.08 Å². The van der Waals surface area contributed by atoms with Gasteiger partial charge in [-0.3, -0.25) is 4.79 Å². The molecule has 0 aliphatic carbocycles. The third-order valence-electron chi connectivity index (χ3n) is 4.98. The predicted octanol–water partition coefficient (Wildman–Crippen LogP) is 3.76. The number of aromatic nitrogens is 3. The number of hydrogen-bond donors (Lipinski definition) is 0. The molecule has 3 aromatic rings. The molecule has 0 radical (unpaired) electrons. The molecule has 2 aromatic carbocycles. The van der Waals surface area contributed by atoms with Gasteiger partial charge >= 0.3 is 0 Å². The highest BCUT2D eigenvalue weighted by Gasteiger charge is 2.29. The van der Waals surface area contributed by atoms with Crippen molar-refractivity contribution in [2.45, 2.75) is 18.9 Å². The highest BCUT2D eigenvalue weighted by molar-refractivity contribution is 5.92. The van der Waals surface area contributed by atoms with E-state index in [1.807, 2.05) is 42.5 Å². The van der Waals surface area contributed by atoms with Gasteiger partial charge in [0.1, 0.15) is 5.82 Å². The van der Waals surface area contributed by atoms with Crippen LogP contribution in [0.2, 0.25) is 0 Å². The summed E-state index contributed by atoms with van der Waals surface area (Å²) in [5.41, 5.74) is 2.53. The van der Waals surface area contributed by atoms with Crippen molar-refractivity contribution in [2.75, 3.05) is 13.1 Å². The van der Waals surface area contributed by atoms with Crippen molar-refractivity contribution in [2.24, 2.45) is 0 Å². The van der Waals surface area contributed by atoms with Crippen LogP contribution in [0, 0.1) is 5.82 Å². The van der Waals surface area contributed by atoms with Gasteiger partial charge in [0.25, 0.3) is 5.91 Å². The van der Waals surface area contributed by atoms with Gasteiger partial charge < -0.3 is 4.90 Å². The summed E-state index contributed by atoms with van der Waals surface area (Å²) in [4.78, 5) is 14.5. The fourth-order valence-corrected chi connectivity index (χ4v) is 3.46. The Bertz CT molecular complexity index is 966. The zero-order valence-electron chi connectivity index (χ0n) is 15.4. The Labute approximate surface area is 163 Å². The van der Waals surface area contributed by atoms with Gasteiger partial charge in [0.15, 0.2) is 5.69 Å². The second kappa shape index (κ2) is 8.17. The molecular weight excluding hydrogens is 355 g/mol. The lowest BCUT2D eigenvalue weighted by Crippen LogP contribution is -2.28. The van der Waals surface area contributed by atoms with Gasteiger partial charge in [0.2, 0.25) is 0 Å². The number of likely N-dealkylation sites (tertiary alicyclic amines) is 1. The molecule has 1 amide bonds. The van der Waals surface area contributed by atoms with Crippen molar-refractivity contribution in [3.8, 4) is 0 Å². The molecule has 1 aliphatic rings. The van der Waals surface area contributed by atoms with Crippen LogP contribution in [0.15, 0.2) is 66.9 Å². The first-order valence-corrected chi connectivity index (χ1v) is 9.35. The number of amides is 1. The predicted molar refractivity (Wildman–Crippen MR) is 105 cm³/mol. The van der Waals surface area contributed by atoms with Gasteiger partial charge in [0.05, 0.1) is 12.7 Å². The molecule has 6 heteroatoms. The Balaban J connectivity index is 1.35. The Morgan fingerprint density at radius 3 is 2.71 bits per heavy atom. The number of halogens is 1. The summed E-state index contributed by atoms with van der Waals surface area (Å²) in [7, 11) is 0. The summed E-state index contributed by atoms with van der Waals surface area (Å²) in [6.07, 6.45) is 6.55. The SMILES string of the molecule is O=C(c1cn(C/C=C/c2ccccc2)nn1)N1CCC(c2ccc(F)cc2)C1. The number of carbonyl (C=O) groups is 1. The molecule has 1 aromatic heterocycles. The molecule has 4 rings (SSSR count).